The Morgan fingerprint density at radius 2 is 1.95 bits per heavy atom. The Kier molecular flexibility index (Phi) is 8.91. The molecule has 2 aromatic carbocycles. The number of alkyl halides is 1. The number of unbranched alkanes of at least 4 members (excludes halogenated alkanes) is 2. The second kappa shape index (κ2) is 12.3. The topological polar surface area (TPSA) is 80.6 Å². The number of nitrogens with one attached hydrogen (secondary N) is 2. The molecule has 4 rings (SSSR count). The molecular weight excluding hydrogens is 591 g/mol. The lowest BCUT2D eigenvalue weighted by molar-refractivity contribution is 0.0952. The summed E-state index contributed by atoms with van der Waals surface area (Å²) in [5.74, 6) is -1.88. The summed E-state index contributed by atoms with van der Waals surface area (Å²) in [4.78, 5) is 21.5. The lowest BCUT2D eigenvalue weighted by Crippen LogP contribution is -2.25. The number of anilines is 2. The monoisotopic (exact) mass is 619 g/mol. The minimum atomic E-state index is -1.06. The number of aryl methyl sites for hydroxylation is 1. The molecule has 0 aliphatic heterocycles. The zero-order valence-electron chi connectivity index (χ0n) is 20.7. The average Bonchev–Trinajstić information content (AvgIpc) is 3.35. The number of imidazole rings is 1. The van der Waals surface area contributed by atoms with Crippen LogP contribution in [0.15, 0.2) is 48.9 Å². The van der Waals surface area contributed by atoms with Crippen molar-refractivity contribution in [3.63, 3.8) is 0 Å². The van der Waals surface area contributed by atoms with Crippen molar-refractivity contribution in [3.8, 4) is 17.0 Å². The number of hydrogen-bond acceptors (Lipinski definition) is 5. The molecule has 1 amide bonds. The van der Waals surface area contributed by atoms with Crippen molar-refractivity contribution < 1.29 is 18.3 Å². The summed E-state index contributed by atoms with van der Waals surface area (Å²) in [5.41, 5.74) is 3.16. The largest absolute Gasteiger partial charge is 0.494 e. The highest BCUT2D eigenvalue weighted by molar-refractivity contribution is 14.1. The van der Waals surface area contributed by atoms with Crippen molar-refractivity contribution in [1.82, 2.24) is 19.7 Å². The third-order valence-corrected chi connectivity index (χ3v) is 6.82. The fraction of sp³-hybridized carbons (Fsp3) is 0.296. The first-order chi connectivity index (χ1) is 18.0. The van der Waals surface area contributed by atoms with Crippen LogP contribution >= 0.6 is 22.6 Å². The Hall–Kier alpha value is -3.28. The normalized spacial score (nSPS) is 11.1. The molecule has 0 unspecified atom stereocenters. The Morgan fingerprint density at radius 1 is 1.11 bits per heavy atom. The van der Waals surface area contributed by atoms with Crippen molar-refractivity contribution in [2.75, 3.05) is 23.4 Å². The molecule has 0 saturated carbocycles. The van der Waals surface area contributed by atoms with Crippen molar-refractivity contribution in [3.05, 3.63) is 71.7 Å². The number of methoxy groups -OCH3 is 1. The SMILES string of the molecule is CCc1cc(Nc2nccn3c(-c4ccc(OC)c(F)c4F)cnc23)ccc1C(=O)NCCCCCI. The maximum Gasteiger partial charge on any atom is 0.251 e. The van der Waals surface area contributed by atoms with E-state index in [1.165, 1.54) is 25.4 Å². The Labute approximate surface area is 227 Å². The van der Waals surface area contributed by atoms with Gasteiger partial charge in [-0.2, -0.15) is 4.39 Å². The van der Waals surface area contributed by atoms with E-state index in [0.29, 0.717) is 35.7 Å². The number of fused-ring (bicyclic) bond motifs is 1. The fourth-order valence-electron chi connectivity index (χ4n) is 4.11. The minimum absolute atomic E-state index is 0.0564. The molecule has 194 valence electrons. The van der Waals surface area contributed by atoms with E-state index in [1.54, 1.807) is 22.9 Å². The smallest absolute Gasteiger partial charge is 0.251 e. The highest BCUT2D eigenvalue weighted by Gasteiger charge is 2.19. The lowest BCUT2D eigenvalue weighted by atomic mass is 10.0. The molecule has 0 aliphatic carbocycles. The zero-order chi connectivity index (χ0) is 26.4. The van der Waals surface area contributed by atoms with Gasteiger partial charge >= 0.3 is 0 Å². The van der Waals surface area contributed by atoms with Crippen LogP contribution in [-0.4, -0.2) is 38.4 Å². The zero-order valence-corrected chi connectivity index (χ0v) is 22.8. The lowest BCUT2D eigenvalue weighted by Gasteiger charge is -2.13. The maximum atomic E-state index is 14.7. The van der Waals surface area contributed by atoms with Gasteiger partial charge < -0.3 is 15.4 Å². The maximum absolute atomic E-state index is 14.7. The van der Waals surface area contributed by atoms with E-state index in [9.17, 15) is 13.6 Å². The molecule has 0 radical (unpaired) electrons. The van der Waals surface area contributed by atoms with Gasteiger partial charge in [-0.15, -0.1) is 0 Å². The molecule has 37 heavy (non-hydrogen) atoms. The Bertz CT molecular complexity index is 1410. The van der Waals surface area contributed by atoms with Gasteiger partial charge in [0.1, 0.15) is 0 Å². The molecule has 0 fully saturated rings. The Morgan fingerprint density at radius 3 is 2.70 bits per heavy atom. The van der Waals surface area contributed by atoms with Crippen LogP contribution in [0.4, 0.5) is 20.3 Å². The standard InChI is InChI=1S/C27H28F2IN5O2/c1-3-17-15-18(7-8-19(17)27(36)32-12-6-4-5-11-30)34-25-26-33-16-21(35(26)14-13-31-25)20-9-10-22(37-2)24(29)23(20)28/h7-10,13-16H,3-6,11-12H2,1-2H3,(H,31,34)(H,32,36). The molecule has 2 heterocycles. The van der Waals surface area contributed by atoms with Crippen LogP contribution in [0, 0.1) is 11.6 Å². The summed E-state index contributed by atoms with van der Waals surface area (Å²) >= 11 is 2.36. The number of rotatable bonds is 11. The predicted octanol–water partition coefficient (Wildman–Crippen LogP) is 6.32. The molecule has 0 bridgehead atoms. The van der Waals surface area contributed by atoms with Crippen molar-refractivity contribution in [1.29, 1.82) is 0 Å². The number of benzene rings is 2. The van der Waals surface area contributed by atoms with Gasteiger partial charge in [0.25, 0.3) is 5.91 Å². The number of hydrogen-bond donors (Lipinski definition) is 2. The number of nitrogens with zero attached hydrogens (tertiary/aromatic N) is 3. The van der Waals surface area contributed by atoms with E-state index in [-0.39, 0.29) is 17.2 Å². The van der Waals surface area contributed by atoms with E-state index in [1.807, 2.05) is 19.1 Å². The summed E-state index contributed by atoms with van der Waals surface area (Å²) in [7, 11) is 1.28. The van der Waals surface area contributed by atoms with Crippen LogP contribution in [0.2, 0.25) is 0 Å². The highest BCUT2D eigenvalue weighted by Crippen LogP contribution is 2.31. The first-order valence-corrected chi connectivity index (χ1v) is 13.6. The second-order valence-electron chi connectivity index (χ2n) is 8.41. The molecule has 10 heteroatoms. The first-order valence-electron chi connectivity index (χ1n) is 12.1. The van der Waals surface area contributed by atoms with Crippen LogP contribution in [-0.2, 0) is 6.42 Å². The molecule has 2 N–H and O–H groups in total. The number of aromatic nitrogens is 3. The molecule has 0 atom stereocenters. The van der Waals surface area contributed by atoms with Gasteiger partial charge in [-0.3, -0.25) is 9.20 Å². The predicted molar refractivity (Wildman–Crippen MR) is 149 cm³/mol. The molecule has 0 aliphatic rings. The van der Waals surface area contributed by atoms with Gasteiger partial charge in [-0.25, -0.2) is 14.4 Å². The first kappa shape index (κ1) is 26.8. The average molecular weight is 619 g/mol. The quantitative estimate of drug-likeness (QED) is 0.117. The molecule has 2 aromatic heterocycles. The fourth-order valence-corrected chi connectivity index (χ4v) is 4.65. The van der Waals surface area contributed by atoms with Gasteiger partial charge in [-0.1, -0.05) is 35.9 Å². The van der Waals surface area contributed by atoms with Crippen LogP contribution in [0.3, 0.4) is 0 Å². The van der Waals surface area contributed by atoms with Crippen LogP contribution < -0.4 is 15.4 Å². The van der Waals surface area contributed by atoms with Gasteiger partial charge in [0.2, 0.25) is 5.82 Å². The molecule has 7 nitrogen and oxygen atoms in total. The molecule has 0 spiro atoms. The summed E-state index contributed by atoms with van der Waals surface area (Å²) in [5, 5.41) is 6.26. The molecule has 4 aromatic rings. The summed E-state index contributed by atoms with van der Waals surface area (Å²) in [6.07, 6.45) is 8.56. The third-order valence-electron chi connectivity index (χ3n) is 6.06. The number of ether oxygens (including phenoxy) is 1. The number of carbonyl (C=O) groups excluding carboxylic acids is 1. The summed E-state index contributed by atoms with van der Waals surface area (Å²) in [6, 6.07) is 8.36. The van der Waals surface area contributed by atoms with Gasteiger partial charge in [0.15, 0.2) is 23.0 Å². The van der Waals surface area contributed by atoms with Crippen molar-refractivity contribution >= 4 is 45.7 Å². The van der Waals surface area contributed by atoms with E-state index in [4.69, 9.17) is 4.74 Å². The van der Waals surface area contributed by atoms with Gasteiger partial charge in [-0.05, 0) is 59.6 Å². The minimum Gasteiger partial charge on any atom is -0.494 e. The van der Waals surface area contributed by atoms with Gasteiger partial charge in [0, 0.05) is 35.8 Å². The molecule has 0 saturated heterocycles. The van der Waals surface area contributed by atoms with E-state index >= 15 is 0 Å². The van der Waals surface area contributed by atoms with E-state index < -0.39 is 11.6 Å². The van der Waals surface area contributed by atoms with Gasteiger partial charge in [0.05, 0.1) is 19.0 Å². The summed E-state index contributed by atoms with van der Waals surface area (Å²) < 4.78 is 36.7. The molecular formula is C27H28F2IN5O2. The highest BCUT2D eigenvalue weighted by atomic mass is 127. The Balaban J connectivity index is 1.57. The van der Waals surface area contributed by atoms with Crippen LogP contribution in [0.25, 0.3) is 16.9 Å². The van der Waals surface area contributed by atoms with E-state index in [2.05, 4.69) is 43.2 Å². The second-order valence-corrected chi connectivity index (χ2v) is 9.49. The van der Waals surface area contributed by atoms with E-state index in [0.717, 1.165) is 34.9 Å². The van der Waals surface area contributed by atoms with Crippen molar-refractivity contribution in [2.24, 2.45) is 0 Å². The summed E-state index contributed by atoms with van der Waals surface area (Å²) in [6.45, 7) is 2.66. The third kappa shape index (κ3) is 5.84. The number of amides is 1. The number of halogens is 3. The van der Waals surface area contributed by atoms with Crippen LogP contribution in [0.5, 0.6) is 5.75 Å². The number of carbonyl (C=O) groups is 1. The van der Waals surface area contributed by atoms with Crippen LogP contribution in [0.1, 0.15) is 42.1 Å². The van der Waals surface area contributed by atoms with Crippen molar-refractivity contribution in [2.45, 2.75) is 32.6 Å².